The van der Waals surface area contributed by atoms with Gasteiger partial charge in [-0.15, -0.1) is 0 Å². The second-order valence-electron chi connectivity index (χ2n) is 11.4. The minimum absolute atomic E-state index is 0.0216. The van der Waals surface area contributed by atoms with Crippen molar-refractivity contribution in [3.8, 4) is 5.75 Å². The van der Waals surface area contributed by atoms with E-state index in [4.69, 9.17) is 15.9 Å². The molecule has 0 saturated heterocycles. The van der Waals surface area contributed by atoms with Crippen molar-refractivity contribution in [2.45, 2.75) is 64.5 Å². The van der Waals surface area contributed by atoms with Crippen LogP contribution in [-0.2, 0) is 20.4 Å². The number of carbonyl (C=O) groups is 3. The highest BCUT2D eigenvalue weighted by Gasteiger charge is 2.43. The van der Waals surface area contributed by atoms with Crippen molar-refractivity contribution in [2.75, 3.05) is 13.7 Å². The third-order valence-electron chi connectivity index (χ3n) is 6.68. The van der Waals surface area contributed by atoms with Crippen LogP contribution in [0.2, 0.25) is 0 Å². The lowest BCUT2D eigenvalue weighted by atomic mass is 9.78. The van der Waals surface area contributed by atoms with Gasteiger partial charge in [-0.05, 0) is 40.7 Å². The minimum Gasteiger partial charge on any atom is -0.507 e. The summed E-state index contributed by atoms with van der Waals surface area (Å²) in [5.41, 5.74) is 7.05. The summed E-state index contributed by atoms with van der Waals surface area (Å²) in [5, 5.41) is 29.2. The summed E-state index contributed by atoms with van der Waals surface area (Å²) in [6.45, 7) is 11.4. The number of rotatable bonds is 7. The number of amidine groups is 1. The van der Waals surface area contributed by atoms with E-state index in [0.717, 1.165) is 0 Å². The number of primary amides is 1. The summed E-state index contributed by atoms with van der Waals surface area (Å²) in [6.07, 6.45) is -1.18. The molecule has 0 fully saturated rings. The van der Waals surface area contributed by atoms with Gasteiger partial charge in [-0.25, -0.2) is 4.79 Å². The number of hydrogen-bond donors (Lipinski definition) is 4. The average molecular weight is 510 g/mol. The number of nitrogens with zero attached hydrogens (tertiary/aromatic N) is 1. The molecule has 2 aromatic carbocycles. The number of carboxylic acid groups (broad SMARTS) is 1. The number of aromatic carboxylic acids is 1. The number of hydrogen-bond acceptors (Lipinski definition) is 6. The molecule has 3 rings (SSSR count). The fourth-order valence-corrected chi connectivity index (χ4v) is 4.70. The Kier molecular flexibility index (Phi) is 7.25. The number of Topliss-reactive ketones (excluding diaryl/α,β-unsaturated/α-hetero) is 1. The number of amides is 1. The lowest BCUT2D eigenvalue weighted by molar-refractivity contribution is -0.130. The highest BCUT2D eigenvalue weighted by molar-refractivity contribution is 6.07. The molecule has 0 aromatic heterocycles. The molecule has 1 heterocycles. The summed E-state index contributed by atoms with van der Waals surface area (Å²) in [7, 11) is 1.31. The lowest BCUT2D eigenvalue weighted by Gasteiger charge is -2.31. The van der Waals surface area contributed by atoms with Gasteiger partial charge >= 0.3 is 5.97 Å². The van der Waals surface area contributed by atoms with Gasteiger partial charge in [-0.2, -0.15) is 0 Å². The van der Waals surface area contributed by atoms with Crippen LogP contribution >= 0.6 is 0 Å². The van der Waals surface area contributed by atoms with E-state index in [2.05, 4.69) is 0 Å². The van der Waals surface area contributed by atoms with Crippen LogP contribution < -0.4 is 5.73 Å². The van der Waals surface area contributed by atoms with Crippen LogP contribution in [0.15, 0.2) is 30.3 Å². The van der Waals surface area contributed by atoms with Crippen molar-refractivity contribution in [3.63, 3.8) is 0 Å². The molecule has 2 unspecified atom stereocenters. The normalized spacial score (nSPS) is 16.5. The standard InChI is InChI=1S/C28H35N3O6/c1-27(2,3)18-11-15(12-19(22(18)33)28(4,5)6)20(32)13-31-21(23(37-7)25(30)34)16-9-8-14(26(35)36)10-17(16)24(31)29/h8-12,21,23,29,33H,13H2,1-7H3,(H2,30,34)(H,35,36). The molecule has 0 aliphatic carbocycles. The van der Waals surface area contributed by atoms with Crippen molar-refractivity contribution in [2.24, 2.45) is 5.73 Å². The van der Waals surface area contributed by atoms with E-state index in [-0.39, 0.29) is 35.0 Å². The quantitative estimate of drug-likeness (QED) is 0.414. The molecule has 37 heavy (non-hydrogen) atoms. The molecule has 5 N–H and O–H groups in total. The van der Waals surface area contributed by atoms with Crippen LogP contribution in [0.5, 0.6) is 5.75 Å². The van der Waals surface area contributed by atoms with E-state index in [1.54, 1.807) is 12.1 Å². The molecule has 0 saturated carbocycles. The highest BCUT2D eigenvalue weighted by atomic mass is 16.5. The molecular weight excluding hydrogens is 474 g/mol. The van der Waals surface area contributed by atoms with Crippen molar-refractivity contribution < 1.29 is 29.3 Å². The molecule has 1 aliphatic rings. The monoisotopic (exact) mass is 509 g/mol. The van der Waals surface area contributed by atoms with E-state index in [9.17, 15) is 24.6 Å². The maximum absolute atomic E-state index is 13.7. The second kappa shape index (κ2) is 9.63. The Bertz CT molecular complexity index is 1250. The van der Waals surface area contributed by atoms with E-state index in [1.165, 1.54) is 30.2 Å². The fraction of sp³-hybridized carbons (Fsp3) is 0.429. The zero-order chi connectivity index (χ0) is 28.0. The molecular formula is C28H35N3O6. The van der Waals surface area contributed by atoms with Crippen LogP contribution in [0.25, 0.3) is 0 Å². The Morgan fingerprint density at radius 1 is 1.03 bits per heavy atom. The Hall–Kier alpha value is -3.72. The van der Waals surface area contributed by atoms with Gasteiger partial charge in [0, 0.05) is 29.4 Å². The molecule has 2 aromatic rings. The number of phenolic OH excluding ortho intramolecular Hbond substituents is 1. The van der Waals surface area contributed by atoms with Crippen molar-refractivity contribution in [3.05, 3.63) is 63.7 Å². The summed E-state index contributed by atoms with van der Waals surface area (Å²) in [4.78, 5) is 38.9. The van der Waals surface area contributed by atoms with E-state index in [1.807, 2.05) is 41.5 Å². The number of carbonyl (C=O) groups excluding carboxylic acids is 2. The largest absolute Gasteiger partial charge is 0.507 e. The van der Waals surface area contributed by atoms with Gasteiger partial charge in [0.15, 0.2) is 11.9 Å². The molecule has 1 amide bonds. The maximum atomic E-state index is 13.7. The Balaban J connectivity index is 2.12. The van der Waals surface area contributed by atoms with Gasteiger partial charge in [0.05, 0.1) is 18.2 Å². The van der Waals surface area contributed by atoms with Gasteiger partial charge in [-0.3, -0.25) is 15.0 Å². The number of nitrogens with one attached hydrogen (secondary N) is 1. The van der Waals surface area contributed by atoms with Crippen LogP contribution in [0.4, 0.5) is 0 Å². The molecule has 198 valence electrons. The number of aromatic hydroxyl groups is 1. The fourth-order valence-electron chi connectivity index (χ4n) is 4.70. The Morgan fingerprint density at radius 3 is 2.00 bits per heavy atom. The molecule has 1 aliphatic heterocycles. The lowest BCUT2D eigenvalue weighted by Crippen LogP contribution is -2.44. The number of methoxy groups -OCH3 is 1. The predicted molar refractivity (Wildman–Crippen MR) is 140 cm³/mol. The summed E-state index contributed by atoms with van der Waals surface area (Å²) in [5.74, 6) is -2.23. The number of ether oxygens (including phenoxy) is 1. The summed E-state index contributed by atoms with van der Waals surface area (Å²) in [6, 6.07) is 6.69. The number of phenols is 1. The second-order valence-corrected chi connectivity index (χ2v) is 11.4. The highest BCUT2D eigenvalue weighted by Crippen LogP contribution is 2.41. The molecule has 9 nitrogen and oxygen atoms in total. The van der Waals surface area contributed by atoms with E-state index >= 15 is 0 Å². The van der Waals surface area contributed by atoms with Gasteiger partial charge in [0.1, 0.15) is 11.6 Å². The third-order valence-corrected chi connectivity index (χ3v) is 6.68. The molecule has 9 heteroatoms. The van der Waals surface area contributed by atoms with Crippen molar-refractivity contribution in [1.29, 1.82) is 5.41 Å². The van der Waals surface area contributed by atoms with Gasteiger partial charge in [0.25, 0.3) is 0 Å². The number of benzene rings is 2. The average Bonchev–Trinajstić information content (AvgIpc) is 3.03. The zero-order valence-corrected chi connectivity index (χ0v) is 22.3. The third kappa shape index (κ3) is 5.22. The van der Waals surface area contributed by atoms with Gasteiger partial charge in [0.2, 0.25) is 5.91 Å². The number of nitrogens with two attached hydrogens (primary N) is 1. The minimum atomic E-state index is -1.18. The smallest absolute Gasteiger partial charge is 0.335 e. The predicted octanol–water partition coefficient (Wildman–Crippen LogP) is 3.75. The first-order chi connectivity index (χ1) is 17.0. The first kappa shape index (κ1) is 27.9. The van der Waals surface area contributed by atoms with Crippen LogP contribution in [0.3, 0.4) is 0 Å². The van der Waals surface area contributed by atoms with Crippen molar-refractivity contribution >= 4 is 23.5 Å². The topological polar surface area (TPSA) is 154 Å². The van der Waals surface area contributed by atoms with Crippen LogP contribution in [-0.4, -0.2) is 58.4 Å². The molecule has 0 radical (unpaired) electrons. The van der Waals surface area contributed by atoms with Crippen LogP contribution in [0.1, 0.15) is 90.6 Å². The summed E-state index contributed by atoms with van der Waals surface area (Å²) >= 11 is 0. The van der Waals surface area contributed by atoms with E-state index < -0.39 is 34.9 Å². The Labute approximate surface area is 216 Å². The number of ketones is 1. The van der Waals surface area contributed by atoms with Gasteiger partial charge < -0.3 is 25.6 Å². The molecule has 0 bridgehead atoms. The maximum Gasteiger partial charge on any atom is 0.335 e. The number of carboxylic acids is 1. The first-order valence-electron chi connectivity index (χ1n) is 11.9. The van der Waals surface area contributed by atoms with Gasteiger partial charge in [-0.1, -0.05) is 47.6 Å². The SMILES string of the molecule is COC(C(N)=O)C1c2ccc(C(=O)O)cc2C(=N)N1CC(=O)c1cc(C(C)(C)C)c(O)c(C(C)(C)C)c1. The van der Waals surface area contributed by atoms with Crippen LogP contribution in [0, 0.1) is 5.41 Å². The zero-order valence-electron chi connectivity index (χ0n) is 22.3. The van der Waals surface area contributed by atoms with Crippen molar-refractivity contribution in [1.82, 2.24) is 4.90 Å². The molecule has 2 atom stereocenters. The molecule has 0 spiro atoms. The number of fused-ring (bicyclic) bond motifs is 1. The Morgan fingerprint density at radius 2 is 1.57 bits per heavy atom. The van der Waals surface area contributed by atoms with E-state index in [0.29, 0.717) is 22.3 Å². The summed E-state index contributed by atoms with van der Waals surface area (Å²) < 4.78 is 5.37. The first-order valence-corrected chi connectivity index (χ1v) is 11.9.